The molecular weight excluding hydrogens is 279 g/mol. The van der Waals surface area contributed by atoms with Crippen LogP contribution in [-0.2, 0) is 11.2 Å². The quantitative estimate of drug-likeness (QED) is 0.868. The highest BCUT2D eigenvalue weighted by Crippen LogP contribution is 2.29. The molecule has 0 saturated heterocycles. The molecule has 1 aromatic heterocycles. The summed E-state index contributed by atoms with van der Waals surface area (Å²) in [5.41, 5.74) is -0.850. The zero-order valence-electron chi connectivity index (χ0n) is 7.18. The lowest BCUT2D eigenvalue weighted by molar-refractivity contribution is -0.136. The van der Waals surface area contributed by atoms with Crippen LogP contribution in [0.25, 0.3) is 0 Å². The minimum atomic E-state index is -2.88. The largest absolute Gasteiger partial charge is 0.481 e. The number of rotatable bonds is 3. The highest BCUT2D eigenvalue weighted by Gasteiger charge is 2.19. The van der Waals surface area contributed by atoms with Crippen molar-refractivity contribution in [3.05, 3.63) is 27.7 Å². The summed E-state index contributed by atoms with van der Waals surface area (Å²) >= 11 is 2.77. The molecule has 1 N–H and O–H groups in total. The van der Waals surface area contributed by atoms with E-state index >= 15 is 0 Å². The first-order chi connectivity index (χ1) is 6.91. The van der Waals surface area contributed by atoms with Crippen LogP contribution >= 0.6 is 15.9 Å². The monoisotopic (exact) mass is 283 g/mol. The molecule has 15 heavy (non-hydrogen) atoms. The number of halogens is 4. The smallest absolute Gasteiger partial charge is 0.309 e. The number of nitrogens with zero attached hydrogens (tertiary/aromatic N) is 1. The maximum atomic E-state index is 12.8. The highest BCUT2D eigenvalue weighted by molar-refractivity contribution is 9.10. The molecule has 7 heteroatoms. The van der Waals surface area contributed by atoms with Crippen molar-refractivity contribution in [3.63, 3.8) is 0 Å². The highest BCUT2D eigenvalue weighted by atomic mass is 79.9. The van der Waals surface area contributed by atoms with Gasteiger partial charge in [0.1, 0.15) is 0 Å². The average Bonchev–Trinajstić information content (AvgIpc) is 2.09. The van der Waals surface area contributed by atoms with Crippen LogP contribution in [0.4, 0.5) is 13.2 Å². The van der Waals surface area contributed by atoms with Gasteiger partial charge in [-0.05, 0) is 15.9 Å². The molecule has 0 amide bonds. The Hall–Kier alpha value is -1.11. The van der Waals surface area contributed by atoms with Crippen LogP contribution in [-0.4, -0.2) is 16.1 Å². The average molecular weight is 284 g/mol. The van der Waals surface area contributed by atoms with E-state index in [2.05, 4.69) is 20.9 Å². The second kappa shape index (κ2) is 4.61. The number of aromatic nitrogens is 1. The second-order valence-electron chi connectivity index (χ2n) is 2.67. The van der Waals surface area contributed by atoms with Crippen molar-refractivity contribution in [1.29, 1.82) is 0 Å². The molecule has 0 aliphatic heterocycles. The fourth-order valence-electron chi connectivity index (χ4n) is 0.988. The Balaban J connectivity index is 3.21. The number of aliphatic carboxylic acids is 1. The van der Waals surface area contributed by atoms with Gasteiger partial charge in [-0.15, -0.1) is 0 Å². The Labute approximate surface area is 91.1 Å². The van der Waals surface area contributed by atoms with Crippen LogP contribution in [0.15, 0.2) is 10.5 Å². The summed E-state index contributed by atoms with van der Waals surface area (Å²) < 4.78 is 37.3. The van der Waals surface area contributed by atoms with Gasteiger partial charge in [0.2, 0.25) is 5.95 Å². The molecule has 0 aliphatic carbocycles. The lowest BCUT2D eigenvalue weighted by Crippen LogP contribution is -2.06. The summed E-state index contributed by atoms with van der Waals surface area (Å²) in [4.78, 5) is 13.6. The van der Waals surface area contributed by atoms with Crippen molar-refractivity contribution >= 4 is 21.9 Å². The number of carbonyl (C=O) groups is 1. The number of pyridine rings is 1. The molecule has 0 aliphatic rings. The van der Waals surface area contributed by atoms with Crippen molar-refractivity contribution in [2.75, 3.05) is 0 Å². The predicted molar refractivity (Wildman–Crippen MR) is 48.2 cm³/mol. The zero-order chi connectivity index (χ0) is 11.6. The Kier molecular flexibility index (Phi) is 3.67. The molecule has 0 bridgehead atoms. The molecular formula is C8H5BrF3NO2. The maximum absolute atomic E-state index is 12.8. The van der Waals surface area contributed by atoms with E-state index in [1.165, 1.54) is 0 Å². The molecule has 0 saturated carbocycles. The zero-order valence-corrected chi connectivity index (χ0v) is 8.76. The normalized spacial score (nSPS) is 10.7. The molecule has 1 aromatic rings. The fourth-order valence-corrected chi connectivity index (χ4v) is 1.50. The van der Waals surface area contributed by atoms with E-state index in [-0.39, 0.29) is 10.2 Å². The molecule has 0 spiro atoms. The summed E-state index contributed by atoms with van der Waals surface area (Å²) in [6, 6.07) is 0.570. The van der Waals surface area contributed by atoms with Gasteiger partial charge in [0.25, 0.3) is 6.43 Å². The van der Waals surface area contributed by atoms with Gasteiger partial charge in [0.05, 0.1) is 12.1 Å². The second-order valence-corrected chi connectivity index (χ2v) is 3.46. The lowest BCUT2D eigenvalue weighted by atomic mass is 10.2. The van der Waals surface area contributed by atoms with E-state index in [1.807, 2.05) is 0 Å². The third kappa shape index (κ3) is 2.92. The van der Waals surface area contributed by atoms with E-state index in [4.69, 9.17) is 5.11 Å². The SMILES string of the molecule is O=C(O)Cc1nc(F)cc(C(F)F)c1Br. The third-order valence-corrected chi connectivity index (χ3v) is 2.49. The fraction of sp³-hybridized carbons (Fsp3) is 0.250. The van der Waals surface area contributed by atoms with Gasteiger partial charge in [-0.3, -0.25) is 4.79 Å². The van der Waals surface area contributed by atoms with Crippen LogP contribution in [0.1, 0.15) is 17.7 Å². The summed E-state index contributed by atoms with van der Waals surface area (Å²) in [6.07, 6.45) is -3.50. The van der Waals surface area contributed by atoms with Gasteiger partial charge in [0, 0.05) is 16.1 Å². The van der Waals surface area contributed by atoms with Crippen molar-refractivity contribution in [2.45, 2.75) is 12.8 Å². The Morgan fingerprint density at radius 2 is 2.20 bits per heavy atom. The Bertz CT molecular complexity index is 398. The van der Waals surface area contributed by atoms with Crippen LogP contribution in [0.5, 0.6) is 0 Å². The summed E-state index contributed by atoms with van der Waals surface area (Å²) in [5, 5.41) is 8.44. The first-order valence-corrected chi connectivity index (χ1v) is 4.56. The van der Waals surface area contributed by atoms with Crippen molar-refractivity contribution in [1.82, 2.24) is 4.98 Å². The number of hydrogen-bond donors (Lipinski definition) is 1. The van der Waals surface area contributed by atoms with Gasteiger partial charge in [0.15, 0.2) is 0 Å². The van der Waals surface area contributed by atoms with Crippen LogP contribution < -0.4 is 0 Å². The van der Waals surface area contributed by atoms with Gasteiger partial charge >= 0.3 is 5.97 Å². The van der Waals surface area contributed by atoms with Crippen molar-refractivity contribution in [3.8, 4) is 0 Å². The number of carboxylic acids is 1. The third-order valence-electron chi connectivity index (χ3n) is 1.58. The molecule has 3 nitrogen and oxygen atoms in total. The van der Waals surface area contributed by atoms with Gasteiger partial charge in [-0.1, -0.05) is 0 Å². The molecule has 1 rings (SSSR count). The summed E-state index contributed by atoms with van der Waals surface area (Å²) in [6.45, 7) is 0. The van der Waals surface area contributed by atoms with Crippen LogP contribution in [0.2, 0.25) is 0 Å². The van der Waals surface area contributed by atoms with E-state index < -0.39 is 30.3 Å². The topological polar surface area (TPSA) is 50.2 Å². The number of hydrogen-bond acceptors (Lipinski definition) is 2. The van der Waals surface area contributed by atoms with Crippen molar-refractivity contribution < 1.29 is 23.1 Å². The van der Waals surface area contributed by atoms with Gasteiger partial charge < -0.3 is 5.11 Å². The Morgan fingerprint density at radius 3 is 2.67 bits per heavy atom. The molecule has 1 heterocycles. The molecule has 0 unspecified atom stereocenters. The predicted octanol–water partition coefficient (Wildman–Crippen LogP) is 2.55. The van der Waals surface area contributed by atoms with E-state index in [9.17, 15) is 18.0 Å². The van der Waals surface area contributed by atoms with E-state index in [0.29, 0.717) is 6.07 Å². The maximum Gasteiger partial charge on any atom is 0.309 e. The van der Waals surface area contributed by atoms with Gasteiger partial charge in [-0.2, -0.15) is 4.39 Å². The Morgan fingerprint density at radius 1 is 1.60 bits per heavy atom. The minimum Gasteiger partial charge on any atom is -0.481 e. The van der Waals surface area contributed by atoms with Crippen LogP contribution in [0.3, 0.4) is 0 Å². The van der Waals surface area contributed by atoms with E-state index in [0.717, 1.165) is 0 Å². The molecule has 0 atom stereocenters. The molecule has 0 radical (unpaired) electrons. The molecule has 0 fully saturated rings. The first kappa shape index (κ1) is 12.0. The summed E-state index contributed by atoms with van der Waals surface area (Å²) in [7, 11) is 0. The van der Waals surface area contributed by atoms with Crippen LogP contribution in [0, 0.1) is 5.95 Å². The first-order valence-electron chi connectivity index (χ1n) is 3.76. The molecule has 82 valence electrons. The van der Waals surface area contributed by atoms with Gasteiger partial charge in [-0.25, -0.2) is 13.8 Å². The standard InChI is InChI=1S/C8H5BrF3NO2/c9-7-3(8(11)12)1-5(10)13-4(7)2-6(14)15/h1,8H,2H2,(H,14,15). The number of alkyl halides is 2. The van der Waals surface area contributed by atoms with Crippen molar-refractivity contribution in [2.24, 2.45) is 0 Å². The van der Waals surface area contributed by atoms with E-state index in [1.54, 1.807) is 0 Å². The minimum absolute atomic E-state index is 0.165. The summed E-state index contributed by atoms with van der Waals surface area (Å²) in [5.74, 6) is -2.39. The lowest BCUT2D eigenvalue weighted by Gasteiger charge is -2.07. The molecule has 0 aromatic carbocycles. The number of carboxylic acid groups (broad SMARTS) is 1.